The van der Waals surface area contributed by atoms with Gasteiger partial charge in [-0.05, 0) is 38.8 Å². The van der Waals surface area contributed by atoms with Crippen molar-refractivity contribution in [3.8, 4) is 0 Å². The van der Waals surface area contributed by atoms with Crippen LogP contribution in [0.25, 0.3) is 0 Å². The summed E-state index contributed by atoms with van der Waals surface area (Å²) in [5.74, 6) is 0.662. The van der Waals surface area contributed by atoms with E-state index in [1.54, 1.807) is 17.4 Å². The topological polar surface area (TPSA) is 58.2 Å². The van der Waals surface area contributed by atoms with Crippen LogP contribution in [0.3, 0.4) is 0 Å². The second-order valence-corrected chi connectivity index (χ2v) is 8.95. The van der Waals surface area contributed by atoms with Crippen LogP contribution >= 0.6 is 11.3 Å². The Kier molecular flexibility index (Phi) is 5.82. The van der Waals surface area contributed by atoms with Gasteiger partial charge in [-0.1, -0.05) is 26.2 Å². The number of hydrogen-bond acceptors (Lipinski definition) is 4. The molecule has 0 aromatic carbocycles. The third-order valence-electron chi connectivity index (χ3n) is 4.25. The highest BCUT2D eigenvalue weighted by Crippen LogP contribution is 2.30. The molecule has 2 atom stereocenters. The quantitative estimate of drug-likeness (QED) is 0.843. The number of nitrogens with one attached hydrogen (secondary N) is 2. The molecule has 0 aliphatic heterocycles. The summed E-state index contributed by atoms with van der Waals surface area (Å²) in [5, 5.41) is 3.07. The molecule has 2 rings (SSSR count). The molecule has 1 fully saturated rings. The molecule has 0 radical (unpaired) electrons. The summed E-state index contributed by atoms with van der Waals surface area (Å²) < 4.78 is 28.1. The Balaban J connectivity index is 2.11. The van der Waals surface area contributed by atoms with Crippen LogP contribution in [-0.4, -0.2) is 21.5 Å². The van der Waals surface area contributed by atoms with Crippen molar-refractivity contribution in [1.29, 1.82) is 0 Å². The van der Waals surface area contributed by atoms with Crippen molar-refractivity contribution in [3.63, 3.8) is 0 Å². The van der Waals surface area contributed by atoms with Gasteiger partial charge in [0.1, 0.15) is 0 Å². The smallest absolute Gasteiger partial charge is 0.241 e. The van der Waals surface area contributed by atoms with Gasteiger partial charge >= 0.3 is 0 Å². The third-order valence-corrected chi connectivity index (χ3v) is 7.07. The highest BCUT2D eigenvalue weighted by atomic mass is 32.2. The maximum Gasteiger partial charge on any atom is 0.241 e. The Morgan fingerprint density at radius 3 is 2.81 bits per heavy atom. The maximum absolute atomic E-state index is 12.6. The lowest BCUT2D eigenvalue weighted by molar-refractivity contribution is 0.301. The second kappa shape index (κ2) is 7.22. The predicted octanol–water partition coefficient (Wildman–Crippen LogP) is 3.02. The van der Waals surface area contributed by atoms with Gasteiger partial charge in [-0.25, -0.2) is 13.1 Å². The van der Waals surface area contributed by atoms with E-state index in [9.17, 15) is 8.42 Å². The molecule has 1 aliphatic rings. The first-order chi connectivity index (χ1) is 9.96. The van der Waals surface area contributed by atoms with Crippen LogP contribution < -0.4 is 10.0 Å². The molecule has 2 N–H and O–H groups in total. The van der Waals surface area contributed by atoms with Crippen molar-refractivity contribution in [3.05, 3.63) is 15.8 Å². The van der Waals surface area contributed by atoms with E-state index in [1.165, 1.54) is 6.42 Å². The molecule has 0 amide bonds. The minimum atomic E-state index is -3.39. The van der Waals surface area contributed by atoms with E-state index in [0.29, 0.717) is 17.4 Å². The molecule has 1 saturated carbocycles. The zero-order chi connectivity index (χ0) is 15.5. The molecule has 4 nitrogen and oxygen atoms in total. The molecular formula is C15H26N2O2S2. The lowest BCUT2D eigenvalue weighted by Gasteiger charge is -2.28. The number of aryl methyl sites for hydroxylation is 1. The van der Waals surface area contributed by atoms with Crippen LogP contribution in [0.4, 0.5) is 0 Å². The van der Waals surface area contributed by atoms with Crippen LogP contribution in [0.15, 0.2) is 11.0 Å². The van der Waals surface area contributed by atoms with E-state index in [1.807, 2.05) is 14.0 Å². The molecule has 0 saturated heterocycles. The van der Waals surface area contributed by atoms with Crippen molar-refractivity contribution >= 4 is 21.4 Å². The van der Waals surface area contributed by atoms with Crippen LogP contribution in [-0.2, 0) is 16.6 Å². The summed E-state index contributed by atoms with van der Waals surface area (Å²) in [6, 6.07) is 1.90. The van der Waals surface area contributed by atoms with Gasteiger partial charge in [0.2, 0.25) is 10.0 Å². The van der Waals surface area contributed by atoms with Crippen LogP contribution in [0.2, 0.25) is 0 Å². The maximum atomic E-state index is 12.6. The van der Waals surface area contributed by atoms with E-state index in [-0.39, 0.29) is 6.04 Å². The molecule has 0 bridgehead atoms. The third kappa shape index (κ3) is 4.28. The fraction of sp³-hybridized carbons (Fsp3) is 0.733. The van der Waals surface area contributed by atoms with Crippen molar-refractivity contribution in [1.82, 2.24) is 10.0 Å². The number of rotatable bonds is 6. The van der Waals surface area contributed by atoms with Gasteiger partial charge in [-0.3, -0.25) is 0 Å². The molecule has 0 spiro atoms. The first-order valence-corrected chi connectivity index (χ1v) is 10.0. The summed E-state index contributed by atoms with van der Waals surface area (Å²) >= 11 is 1.55. The van der Waals surface area contributed by atoms with Crippen LogP contribution in [0.5, 0.6) is 0 Å². The van der Waals surface area contributed by atoms with E-state index in [0.717, 1.165) is 35.4 Å². The van der Waals surface area contributed by atoms with E-state index in [4.69, 9.17) is 0 Å². The first kappa shape index (κ1) is 16.9. The zero-order valence-electron chi connectivity index (χ0n) is 13.1. The van der Waals surface area contributed by atoms with Gasteiger partial charge < -0.3 is 5.32 Å². The number of thiophene rings is 1. The largest absolute Gasteiger partial charge is 0.315 e. The molecule has 1 aromatic heterocycles. The summed E-state index contributed by atoms with van der Waals surface area (Å²) in [7, 11) is -1.52. The summed E-state index contributed by atoms with van der Waals surface area (Å²) in [6.45, 7) is 4.78. The first-order valence-electron chi connectivity index (χ1n) is 7.72. The Morgan fingerprint density at radius 2 is 2.14 bits per heavy atom. The molecule has 1 aromatic rings. The standard InChI is InChI=1S/C15H26N2O2S2/c1-4-12-6-5-7-13(8-12)17-21(18,19)15-9-14(10-16-3)20-11(15)2/h9,12-13,16-17H,4-8,10H2,1-3H3. The fourth-order valence-electron chi connectivity index (χ4n) is 3.10. The average molecular weight is 331 g/mol. The molecule has 1 aliphatic carbocycles. The monoisotopic (exact) mass is 330 g/mol. The SMILES string of the molecule is CCC1CCCC(NS(=O)(=O)c2cc(CNC)sc2C)C1. The predicted molar refractivity (Wildman–Crippen MR) is 88.2 cm³/mol. The number of sulfonamides is 1. The molecule has 6 heteroatoms. The fourth-order valence-corrected chi connectivity index (χ4v) is 6.03. The van der Waals surface area contributed by atoms with Gasteiger partial charge in [0, 0.05) is 22.3 Å². The van der Waals surface area contributed by atoms with E-state index >= 15 is 0 Å². The van der Waals surface area contributed by atoms with Crippen molar-refractivity contribution in [2.45, 2.75) is 63.4 Å². The minimum Gasteiger partial charge on any atom is -0.315 e. The molecule has 21 heavy (non-hydrogen) atoms. The van der Waals surface area contributed by atoms with Crippen LogP contribution in [0.1, 0.15) is 48.8 Å². The van der Waals surface area contributed by atoms with Gasteiger partial charge in [0.25, 0.3) is 0 Å². The molecule has 1 heterocycles. The Morgan fingerprint density at radius 1 is 1.38 bits per heavy atom. The number of hydrogen-bond donors (Lipinski definition) is 2. The summed E-state index contributed by atoms with van der Waals surface area (Å²) in [5.41, 5.74) is 0. The Bertz CT molecular complexity index is 566. The van der Waals surface area contributed by atoms with Crippen LogP contribution in [0, 0.1) is 12.8 Å². The van der Waals surface area contributed by atoms with Gasteiger partial charge in [0.05, 0.1) is 4.90 Å². The molecule has 120 valence electrons. The molecule has 2 unspecified atom stereocenters. The van der Waals surface area contributed by atoms with Crippen molar-refractivity contribution in [2.75, 3.05) is 7.05 Å². The molecular weight excluding hydrogens is 304 g/mol. The highest BCUT2D eigenvalue weighted by Gasteiger charge is 2.27. The lowest BCUT2D eigenvalue weighted by atomic mass is 9.85. The van der Waals surface area contributed by atoms with Crippen molar-refractivity contribution in [2.24, 2.45) is 5.92 Å². The van der Waals surface area contributed by atoms with E-state index < -0.39 is 10.0 Å². The van der Waals surface area contributed by atoms with Gasteiger partial charge in [-0.2, -0.15) is 0 Å². The van der Waals surface area contributed by atoms with E-state index in [2.05, 4.69) is 17.0 Å². The van der Waals surface area contributed by atoms with Crippen molar-refractivity contribution < 1.29 is 8.42 Å². The van der Waals surface area contributed by atoms with Gasteiger partial charge in [0.15, 0.2) is 0 Å². The summed E-state index contributed by atoms with van der Waals surface area (Å²) in [4.78, 5) is 2.39. The van der Waals surface area contributed by atoms with Gasteiger partial charge in [-0.15, -0.1) is 11.3 Å². The second-order valence-electron chi connectivity index (χ2n) is 5.92. The summed E-state index contributed by atoms with van der Waals surface area (Å²) in [6.07, 6.45) is 5.43. The minimum absolute atomic E-state index is 0.0979. The Hall–Kier alpha value is -0.430. The average Bonchev–Trinajstić information content (AvgIpc) is 2.81. The lowest BCUT2D eigenvalue weighted by Crippen LogP contribution is -2.38. The Labute approximate surface area is 132 Å². The highest BCUT2D eigenvalue weighted by molar-refractivity contribution is 7.89. The zero-order valence-corrected chi connectivity index (χ0v) is 14.7. The normalized spacial score (nSPS) is 23.4.